The van der Waals surface area contributed by atoms with E-state index >= 15 is 0 Å². The fourth-order valence-electron chi connectivity index (χ4n) is 1.87. The highest BCUT2D eigenvalue weighted by Crippen LogP contribution is 2.54. The smallest absolute Gasteiger partial charge is 0.123 e. The first-order valence-electron chi connectivity index (χ1n) is 4.87. The lowest BCUT2D eigenvalue weighted by Gasteiger charge is -2.22. The number of rotatable bonds is 3. The predicted octanol–water partition coefficient (Wildman–Crippen LogP) is 2.13. The third-order valence-electron chi connectivity index (χ3n) is 3.08. The second-order valence-corrected chi connectivity index (χ2v) is 4.31. The molecule has 1 saturated carbocycles. The van der Waals surface area contributed by atoms with Crippen molar-refractivity contribution in [2.45, 2.75) is 25.8 Å². The topological polar surface area (TPSA) is 38.0 Å². The first-order valence-corrected chi connectivity index (χ1v) is 4.87. The second-order valence-electron chi connectivity index (χ2n) is 4.31. The van der Waals surface area contributed by atoms with Crippen LogP contribution in [-0.4, -0.2) is 0 Å². The molecule has 0 bridgehead atoms. The summed E-state index contributed by atoms with van der Waals surface area (Å²) < 4.78 is 13.0. The number of nitrogens with two attached hydrogens (primary N) is 1. The monoisotopic (exact) mass is 194 g/mol. The fourth-order valence-corrected chi connectivity index (χ4v) is 1.87. The van der Waals surface area contributed by atoms with Gasteiger partial charge in [-0.2, -0.15) is 0 Å². The van der Waals surface area contributed by atoms with Gasteiger partial charge in [0, 0.05) is 0 Å². The number of halogens is 1. The van der Waals surface area contributed by atoms with Gasteiger partial charge >= 0.3 is 0 Å². The van der Waals surface area contributed by atoms with Crippen molar-refractivity contribution in [3.05, 3.63) is 35.6 Å². The van der Waals surface area contributed by atoms with E-state index in [-0.39, 0.29) is 17.3 Å². The minimum Gasteiger partial charge on any atom is -0.271 e. The summed E-state index contributed by atoms with van der Waals surface area (Å²) in [5.41, 5.74) is 3.93. The van der Waals surface area contributed by atoms with Crippen LogP contribution in [0, 0.1) is 11.2 Å². The van der Waals surface area contributed by atoms with Gasteiger partial charge in [-0.3, -0.25) is 11.3 Å². The van der Waals surface area contributed by atoms with Gasteiger partial charge in [-0.15, -0.1) is 0 Å². The standard InChI is InChI=1S/C11H15FN2/c1-11(5-6-11)10(14-13)8-3-2-4-9(12)7-8/h2-4,7,10,14H,5-6,13H2,1H3. The van der Waals surface area contributed by atoms with Crippen LogP contribution in [0.2, 0.25) is 0 Å². The van der Waals surface area contributed by atoms with Gasteiger partial charge in [0.1, 0.15) is 5.82 Å². The molecule has 76 valence electrons. The van der Waals surface area contributed by atoms with E-state index in [0.29, 0.717) is 0 Å². The van der Waals surface area contributed by atoms with Gasteiger partial charge in [0.15, 0.2) is 0 Å². The van der Waals surface area contributed by atoms with E-state index in [9.17, 15) is 4.39 Å². The van der Waals surface area contributed by atoms with Gasteiger partial charge in [0.05, 0.1) is 6.04 Å². The molecule has 1 fully saturated rings. The third-order valence-corrected chi connectivity index (χ3v) is 3.08. The molecule has 2 nitrogen and oxygen atoms in total. The van der Waals surface area contributed by atoms with Crippen LogP contribution in [0.1, 0.15) is 31.4 Å². The molecule has 0 heterocycles. The molecule has 14 heavy (non-hydrogen) atoms. The van der Waals surface area contributed by atoms with Crippen molar-refractivity contribution in [2.75, 3.05) is 0 Å². The van der Waals surface area contributed by atoms with Crippen molar-refractivity contribution in [1.29, 1.82) is 0 Å². The van der Waals surface area contributed by atoms with Gasteiger partial charge in [-0.25, -0.2) is 4.39 Å². The number of benzene rings is 1. The highest BCUT2D eigenvalue weighted by atomic mass is 19.1. The summed E-state index contributed by atoms with van der Waals surface area (Å²) in [6.07, 6.45) is 2.30. The quantitative estimate of drug-likeness (QED) is 0.571. The lowest BCUT2D eigenvalue weighted by Crippen LogP contribution is -2.33. The minimum atomic E-state index is -0.202. The van der Waals surface area contributed by atoms with E-state index < -0.39 is 0 Å². The van der Waals surface area contributed by atoms with Crippen LogP contribution in [0.5, 0.6) is 0 Å². The lowest BCUT2D eigenvalue weighted by atomic mass is 9.92. The number of hydrazine groups is 1. The predicted molar refractivity (Wildman–Crippen MR) is 53.8 cm³/mol. The molecule has 0 aliphatic heterocycles. The van der Waals surface area contributed by atoms with Crippen LogP contribution in [0.15, 0.2) is 24.3 Å². The molecule has 1 aromatic rings. The fraction of sp³-hybridized carbons (Fsp3) is 0.455. The Morgan fingerprint density at radius 2 is 2.21 bits per heavy atom. The van der Waals surface area contributed by atoms with Gasteiger partial charge in [-0.05, 0) is 36.0 Å². The Kier molecular flexibility index (Phi) is 2.29. The number of nitrogens with one attached hydrogen (secondary N) is 1. The zero-order chi connectivity index (χ0) is 10.2. The summed E-state index contributed by atoms with van der Waals surface area (Å²) >= 11 is 0. The van der Waals surface area contributed by atoms with Crippen LogP contribution in [0.4, 0.5) is 4.39 Å². The van der Waals surface area contributed by atoms with Gasteiger partial charge in [0.25, 0.3) is 0 Å². The van der Waals surface area contributed by atoms with E-state index in [2.05, 4.69) is 12.3 Å². The Labute approximate surface area is 83.3 Å². The van der Waals surface area contributed by atoms with Gasteiger partial charge in [-0.1, -0.05) is 19.1 Å². The third kappa shape index (κ3) is 1.65. The van der Waals surface area contributed by atoms with Crippen LogP contribution in [0.25, 0.3) is 0 Å². The average molecular weight is 194 g/mol. The molecule has 3 heteroatoms. The summed E-state index contributed by atoms with van der Waals surface area (Å²) in [5, 5.41) is 0. The Morgan fingerprint density at radius 1 is 1.50 bits per heavy atom. The highest BCUT2D eigenvalue weighted by molar-refractivity contribution is 5.24. The molecule has 1 aliphatic carbocycles. The molecule has 0 amide bonds. The van der Waals surface area contributed by atoms with E-state index in [1.807, 2.05) is 6.07 Å². The summed E-state index contributed by atoms with van der Waals surface area (Å²) in [5.74, 6) is 5.31. The van der Waals surface area contributed by atoms with Crippen LogP contribution in [0.3, 0.4) is 0 Å². The second kappa shape index (κ2) is 3.33. The van der Waals surface area contributed by atoms with Crippen molar-refractivity contribution in [3.63, 3.8) is 0 Å². The molecule has 0 saturated heterocycles. The molecule has 1 aromatic carbocycles. The Balaban J connectivity index is 2.27. The van der Waals surface area contributed by atoms with Crippen molar-refractivity contribution < 1.29 is 4.39 Å². The van der Waals surface area contributed by atoms with Crippen LogP contribution in [-0.2, 0) is 0 Å². The first-order chi connectivity index (χ1) is 6.65. The van der Waals surface area contributed by atoms with E-state index in [4.69, 9.17) is 5.84 Å². The van der Waals surface area contributed by atoms with Crippen molar-refractivity contribution in [3.8, 4) is 0 Å². The molecular formula is C11H15FN2. The minimum absolute atomic E-state index is 0.0678. The molecule has 1 aliphatic rings. The molecule has 1 unspecified atom stereocenters. The molecule has 0 aromatic heterocycles. The summed E-state index contributed by atoms with van der Waals surface area (Å²) in [6.45, 7) is 2.17. The van der Waals surface area contributed by atoms with Gasteiger partial charge < -0.3 is 0 Å². The Bertz CT molecular complexity index is 334. The lowest BCUT2D eigenvalue weighted by molar-refractivity contribution is 0.371. The van der Waals surface area contributed by atoms with Crippen LogP contribution >= 0.6 is 0 Å². The van der Waals surface area contributed by atoms with E-state index in [0.717, 1.165) is 18.4 Å². The van der Waals surface area contributed by atoms with Crippen LogP contribution < -0.4 is 11.3 Å². The van der Waals surface area contributed by atoms with E-state index in [1.54, 1.807) is 12.1 Å². The van der Waals surface area contributed by atoms with Gasteiger partial charge in [0.2, 0.25) is 0 Å². The maximum Gasteiger partial charge on any atom is 0.123 e. The zero-order valence-corrected chi connectivity index (χ0v) is 8.26. The Hall–Kier alpha value is -0.930. The Morgan fingerprint density at radius 3 is 2.71 bits per heavy atom. The molecule has 0 radical (unpaired) electrons. The molecule has 3 N–H and O–H groups in total. The normalized spacial score (nSPS) is 20.5. The SMILES string of the molecule is CC1(C(NN)c2cccc(F)c2)CC1. The van der Waals surface area contributed by atoms with Crippen molar-refractivity contribution in [1.82, 2.24) is 5.43 Å². The molecule has 1 atom stereocenters. The number of hydrogen-bond donors (Lipinski definition) is 2. The molecular weight excluding hydrogens is 179 g/mol. The number of hydrogen-bond acceptors (Lipinski definition) is 2. The largest absolute Gasteiger partial charge is 0.271 e. The summed E-state index contributed by atoms with van der Waals surface area (Å²) in [6, 6.07) is 6.71. The average Bonchev–Trinajstić information content (AvgIpc) is 2.85. The highest BCUT2D eigenvalue weighted by Gasteiger charge is 2.45. The molecule has 2 rings (SSSR count). The maximum absolute atomic E-state index is 13.0. The summed E-state index contributed by atoms with van der Waals surface area (Å²) in [4.78, 5) is 0. The first kappa shape index (κ1) is 9.62. The van der Waals surface area contributed by atoms with Crippen molar-refractivity contribution in [2.24, 2.45) is 11.3 Å². The molecule has 0 spiro atoms. The van der Waals surface area contributed by atoms with E-state index in [1.165, 1.54) is 6.07 Å². The maximum atomic E-state index is 13.0. The zero-order valence-electron chi connectivity index (χ0n) is 8.26. The van der Waals surface area contributed by atoms with Crippen molar-refractivity contribution >= 4 is 0 Å². The summed E-state index contributed by atoms with van der Waals surface area (Å²) in [7, 11) is 0.